The van der Waals surface area contributed by atoms with E-state index in [1.165, 1.54) is 0 Å². The minimum Gasteiger partial charge on any atom is -0.507 e. The minimum absolute atomic E-state index is 0.0876. The van der Waals surface area contributed by atoms with Crippen LogP contribution < -0.4 is 5.32 Å². The number of hydrogen-bond acceptors (Lipinski definition) is 3. The molecule has 0 aliphatic heterocycles. The van der Waals surface area contributed by atoms with Gasteiger partial charge in [-0.3, -0.25) is 0 Å². The Labute approximate surface area is 148 Å². The van der Waals surface area contributed by atoms with Gasteiger partial charge in [0.15, 0.2) is 0 Å². The standard InChI is InChI=1S/C19H16F3NO3/c20-19(21,22)16-10-9-15(17(24)12-16)8-4-5-11-23-18(25)26-13-14-6-2-1-3-7-14/h1-3,6-7,9-10,12,24H,5,11,13H2,(H,23,25). The van der Waals surface area contributed by atoms with Crippen LogP contribution in [0.5, 0.6) is 5.75 Å². The fraction of sp³-hybridized carbons (Fsp3) is 0.211. The van der Waals surface area contributed by atoms with E-state index in [9.17, 15) is 23.1 Å². The summed E-state index contributed by atoms with van der Waals surface area (Å²) in [6.07, 6.45) is -4.86. The Bertz CT molecular complexity index is 808. The van der Waals surface area contributed by atoms with Gasteiger partial charge in [-0.25, -0.2) is 4.79 Å². The van der Waals surface area contributed by atoms with Crippen LogP contribution in [0, 0.1) is 11.8 Å². The highest BCUT2D eigenvalue weighted by molar-refractivity contribution is 5.67. The lowest BCUT2D eigenvalue weighted by Gasteiger charge is -2.07. The Balaban J connectivity index is 1.76. The molecule has 0 aliphatic rings. The van der Waals surface area contributed by atoms with Gasteiger partial charge >= 0.3 is 12.3 Å². The molecule has 2 N–H and O–H groups in total. The Kier molecular flexibility index (Phi) is 6.50. The smallest absolute Gasteiger partial charge is 0.416 e. The van der Waals surface area contributed by atoms with Crippen LogP contribution in [-0.2, 0) is 17.5 Å². The van der Waals surface area contributed by atoms with Crippen LogP contribution in [0.1, 0.15) is 23.1 Å². The van der Waals surface area contributed by atoms with E-state index in [4.69, 9.17) is 4.74 Å². The van der Waals surface area contributed by atoms with Crippen molar-refractivity contribution in [3.63, 3.8) is 0 Å². The fourth-order valence-corrected chi connectivity index (χ4v) is 1.97. The van der Waals surface area contributed by atoms with Crippen molar-refractivity contribution in [2.24, 2.45) is 0 Å². The van der Waals surface area contributed by atoms with Crippen LogP contribution in [0.2, 0.25) is 0 Å². The summed E-state index contributed by atoms with van der Waals surface area (Å²) in [4.78, 5) is 11.5. The summed E-state index contributed by atoms with van der Waals surface area (Å²) in [6, 6.07) is 11.8. The van der Waals surface area contributed by atoms with Gasteiger partial charge in [0.05, 0.1) is 11.1 Å². The molecule has 0 unspecified atom stereocenters. The van der Waals surface area contributed by atoms with Crippen LogP contribution >= 0.6 is 0 Å². The van der Waals surface area contributed by atoms with Gasteiger partial charge in [0.25, 0.3) is 0 Å². The minimum atomic E-state index is -4.52. The predicted molar refractivity (Wildman–Crippen MR) is 89.2 cm³/mol. The lowest BCUT2D eigenvalue weighted by Crippen LogP contribution is -2.24. The highest BCUT2D eigenvalue weighted by atomic mass is 19.4. The molecule has 0 radical (unpaired) electrons. The molecule has 136 valence electrons. The Morgan fingerprint density at radius 1 is 1.15 bits per heavy atom. The third-order valence-corrected chi connectivity index (χ3v) is 3.28. The van der Waals surface area contributed by atoms with Crippen molar-refractivity contribution in [3.8, 4) is 17.6 Å². The molecule has 2 rings (SSSR count). The summed E-state index contributed by atoms with van der Waals surface area (Å²) in [5.74, 6) is 4.69. The molecule has 1 amide bonds. The topological polar surface area (TPSA) is 58.6 Å². The number of phenolic OH excluding ortho intramolecular Hbond substituents is 1. The molecule has 26 heavy (non-hydrogen) atoms. The van der Waals surface area contributed by atoms with Crippen LogP contribution in [0.25, 0.3) is 0 Å². The highest BCUT2D eigenvalue weighted by Crippen LogP contribution is 2.32. The number of alkyl carbamates (subject to hydrolysis) is 1. The third kappa shape index (κ3) is 6.06. The van der Waals surface area contributed by atoms with Crippen LogP contribution in [0.15, 0.2) is 48.5 Å². The summed E-state index contributed by atoms with van der Waals surface area (Å²) >= 11 is 0. The van der Waals surface area contributed by atoms with E-state index in [2.05, 4.69) is 17.2 Å². The number of halogens is 3. The average Bonchev–Trinajstić information content (AvgIpc) is 2.61. The lowest BCUT2D eigenvalue weighted by atomic mass is 10.1. The van der Waals surface area contributed by atoms with E-state index in [0.29, 0.717) is 6.07 Å². The second-order valence-corrected chi connectivity index (χ2v) is 5.27. The largest absolute Gasteiger partial charge is 0.507 e. The van der Waals surface area contributed by atoms with Crippen molar-refractivity contribution < 1.29 is 27.8 Å². The number of alkyl halides is 3. The molecule has 0 aromatic heterocycles. The van der Waals surface area contributed by atoms with E-state index < -0.39 is 23.6 Å². The normalized spacial score (nSPS) is 10.6. The molecule has 7 heteroatoms. The van der Waals surface area contributed by atoms with E-state index in [1.54, 1.807) is 0 Å². The van der Waals surface area contributed by atoms with E-state index in [1.807, 2.05) is 30.3 Å². The van der Waals surface area contributed by atoms with E-state index in [-0.39, 0.29) is 25.1 Å². The molecule has 2 aromatic carbocycles. The first kappa shape index (κ1) is 19.2. The van der Waals surface area contributed by atoms with Gasteiger partial charge in [-0.05, 0) is 23.8 Å². The summed E-state index contributed by atoms with van der Waals surface area (Å²) in [6.45, 7) is 0.361. The molecular weight excluding hydrogens is 347 g/mol. The zero-order chi connectivity index (χ0) is 19.0. The summed E-state index contributed by atoms with van der Waals surface area (Å²) in [5.41, 5.74) is 0.00764. The van der Waals surface area contributed by atoms with E-state index >= 15 is 0 Å². The maximum atomic E-state index is 12.5. The third-order valence-electron chi connectivity index (χ3n) is 3.28. The molecule has 0 atom stereocenters. The number of phenols is 1. The van der Waals surface area contributed by atoms with Gasteiger partial charge in [0, 0.05) is 13.0 Å². The van der Waals surface area contributed by atoms with Gasteiger partial charge in [-0.15, -0.1) is 0 Å². The number of carbonyl (C=O) groups is 1. The predicted octanol–water partition coefficient (Wildman–Crippen LogP) is 4.08. The lowest BCUT2D eigenvalue weighted by molar-refractivity contribution is -0.137. The Hall–Kier alpha value is -3.14. The summed E-state index contributed by atoms with van der Waals surface area (Å²) in [5, 5.41) is 12.1. The fourth-order valence-electron chi connectivity index (χ4n) is 1.97. The second kappa shape index (κ2) is 8.81. The molecule has 0 spiro atoms. The molecule has 0 bridgehead atoms. The van der Waals surface area contributed by atoms with Crippen molar-refractivity contribution in [2.45, 2.75) is 19.2 Å². The van der Waals surface area contributed by atoms with Gasteiger partial charge in [0.2, 0.25) is 0 Å². The Morgan fingerprint density at radius 3 is 2.54 bits per heavy atom. The Morgan fingerprint density at radius 2 is 1.88 bits per heavy atom. The number of nitrogens with one attached hydrogen (secondary N) is 1. The monoisotopic (exact) mass is 363 g/mol. The van der Waals surface area contributed by atoms with Crippen molar-refractivity contribution >= 4 is 6.09 Å². The van der Waals surface area contributed by atoms with Crippen LogP contribution in [0.3, 0.4) is 0 Å². The van der Waals surface area contributed by atoms with Gasteiger partial charge in [0.1, 0.15) is 12.4 Å². The van der Waals surface area contributed by atoms with Crippen LogP contribution in [0.4, 0.5) is 18.0 Å². The molecule has 2 aromatic rings. The second-order valence-electron chi connectivity index (χ2n) is 5.27. The zero-order valence-electron chi connectivity index (χ0n) is 13.6. The molecule has 0 aliphatic carbocycles. The first-order valence-corrected chi connectivity index (χ1v) is 7.70. The van der Waals surface area contributed by atoms with Crippen molar-refractivity contribution in [2.75, 3.05) is 6.54 Å². The van der Waals surface area contributed by atoms with Crippen molar-refractivity contribution in [1.82, 2.24) is 5.32 Å². The number of rotatable bonds is 4. The number of ether oxygens (including phenoxy) is 1. The van der Waals surface area contributed by atoms with Crippen molar-refractivity contribution in [1.29, 1.82) is 0 Å². The zero-order valence-corrected chi connectivity index (χ0v) is 13.6. The molecular formula is C19H16F3NO3. The number of hydrogen-bond donors (Lipinski definition) is 2. The first-order chi connectivity index (χ1) is 12.4. The summed E-state index contributed by atoms with van der Waals surface area (Å²) in [7, 11) is 0. The number of amides is 1. The molecule has 0 heterocycles. The van der Waals surface area contributed by atoms with Crippen LogP contribution in [-0.4, -0.2) is 17.7 Å². The van der Waals surface area contributed by atoms with Crippen molar-refractivity contribution in [3.05, 3.63) is 65.2 Å². The van der Waals surface area contributed by atoms with Gasteiger partial charge in [-0.2, -0.15) is 13.2 Å². The molecule has 4 nitrogen and oxygen atoms in total. The van der Waals surface area contributed by atoms with E-state index in [0.717, 1.165) is 17.7 Å². The number of aromatic hydroxyl groups is 1. The maximum Gasteiger partial charge on any atom is 0.416 e. The summed E-state index contributed by atoms with van der Waals surface area (Å²) < 4.78 is 42.5. The highest BCUT2D eigenvalue weighted by Gasteiger charge is 2.30. The average molecular weight is 363 g/mol. The first-order valence-electron chi connectivity index (χ1n) is 7.70. The molecule has 0 fully saturated rings. The SMILES string of the molecule is O=C(NCCC#Cc1ccc(C(F)(F)F)cc1O)OCc1ccccc1. The maximum absolute atomic E-state index is 12.5. The molecule has 0 saturated carbocycles. The molecule has 0 saturated heterocycles. The van der Waals surface area contributed by atoms with Gasteiger partial charge < -0.3 is 15.2 Å². The number of benzene rings is 2. The number of carbonyl (C=O) groups excluding carboxylic acids is 1. The quantitative estimate of drug-likeness (QED) is 0.636. The van der Waals surface area contributed by atoms with Gasteiger partial charge in [-0.1, -0.05) is 42.2 Å².